The summed E-state index contributed by atoms with van der Waals surface area (Å²) in [6, 6.07) is 3.91. The molecule has 14 heavy (non-hydrogen) atoms. The maximum atomic E-state index is 5.58. The molecule has 0 aliphatic carbocycles. The largest absolute Gasteiger partial charge is 0.330 e. The quantitative estimate of drug-likeness (QED) is 0.835. The lowest BCUT2D eigenvalue weighted by Gasteiger charge is -2.03. The zero-order valence-corrected chi connectivity index (χ0v) is 8.92. The number of hydrogen-bond acceptors (Lipinski definition) is 4. The first-order chi connectivity index (χ1) is 6.79. The number of nitrogens with zero attached hydrogens (tertiary/aromatic N) is 2. The molecule has 2 N–H and O–H groups in total. The Hall–Kier alpha value is -1.00. The fourth-order valence-corrected chi connectivity index (χ4v) is 2.35. The van der Waals surface area contributed by atoms with Gasteiger partial charge in [-0.25, -0.2) is 9.97 Å². The second-order valence-corrected chi connectivity index (χ2v) is 4.54. The van der Waals surface area contributed by atoms with E-state index in [1.165, 1.54) is 0 Å². The Kier molecular flexibility index (Phi) is 2.74. The molecule has 0 aliphatic heterocycles. The van der Waals surface area contributed by atoms with Gasteiger partial charge in [-0.1, -0.05) is 18.3 Å². The van der Waals surface area contributed by atoms with Gasteiger partial charge >= 0.3 is 0 Å². The summed E-state index contributed by atoms with van der Waals surface area (Å²) < 4.78 is 0. The molecule has 4 heteroatoms. The van der Waals surface area contributed by atoms with E-state index in [1.54, 1.807) is 17.5 Å². The van der Waals surface area contributed by atoms with Crippen molar-refractivity contribution in [3.8, 4) is 0 Å². The lowest BCUT2D eigenvalue weighted by molar-refractivity contribution is 0.592. The molecule has 1 atom stereocenters. The van der Waals surface area contributed by atoms with Crippen LogP contribution in [0.15, 0.2) is 18.3 Å². The summed E-state index contributed by atoms with van der Waals surface area (Å²) in [7, 11) is 0. The van der Waals surface area contributed by atoms with Crippen LogP contribution in [0.2, 0.25) is 0 Å². The summed E-state index contributed by atoms with van der Waals surface area (Å²) in [5, 5.41) is 1.14. The fraction of sp³-hybridized carbons (Fsp3) is 0.400. The van der Waals surface area contributed by atoms with Crippen LogP contribution in [-0.4, -0.2) is 16.5 Å². The van der Waals surface area contributed by atoms with E-state index in [4.69, 9.17) is 5.73 Å². The minimum atomic E-state index is 0.496. The van der Waals surface area contributed by atoms with Crippen molar-refractivity contribution in [2.75, 3.05) is 6.54 Å². The second-order valence-electron chi connectivity index (χ2n) is 3.48. The van der Waals surface area contributed by atoms with Crippen LogP contribution in [-0.2, 0) is 6.42 Å². The molecular weight excluding hydrogens is 194 g/mol. The molecule has 2 aromatic heterocycles. The maximum absolute atomic E-state index is 5.58. The Bertz CT molecular complexity index is 391. The third kappa shape index (κ3) is 1.91. The van der Waals surface area contributed by atoms with Crippen LogP contribution >= 0.6 is 11.3 Å². The van der Waals surface area contributed by atoms with Gasteiger partial charge in [-0.05, 0) is 24.6 Å². The van der Waals surface area contributed by atoms with Crippen molar-refractivity contribution in [3.63, 3.8) is 0 Å². The number of hydrogen-bond donors (Lipinski definition) is 1. The van der Waals surface area contributed by atoms with Gasteiger partial charge in [0.05, 0.1) is 5.01 Å². The van der Waals surface area contributed by atoms with Crippen LogP contribution < -0.4 is 5.73 Å². The van der Waals surface area contributed by atoms with Gasteiger partial charge in [-0.3, -0.25) is 0 Å². The van der Waals surface area contributed by atoms with Crippen LogP contribution in [0.4, 0.5) is 0 Å². The Morgan fingerprint density at radius 2 is 2.43 bits per heavy atom. The Morgan fingerprint density at radius 3 is 3.14 bits per heavy atom. The van der Waals surface area contributed by atoms with E-state index in [2.05, 4.69) is 16.9 Å². The summed E-state index contributed by atoms with van der Waals surface area (Å²) >= 11 is 1.66. The number of fused-ring (bicyclic) bond motifs is 1. The van der Waals surface area contributed by atoms with Gasteiger partial charge in [0.2, 0.25) is 0 Å². The summed E-state index contributed by atoms with van der Waals surface area (Å²) in [4.78, 5) is 9.78. The average molecular weight is 207 g/mol. The van der Waals surface area contributed by atoms with Gasteiger partial charge in [0.15, 0.2) is 0 Å². The molecule has 1 unspecified atom stereocenters. The molecule has 2 aromatic rings. The number of aromatic nitrogens is 2. The van der Waals surface area contributed by atoms with Crippen molar-refractivity contribution >= 4 is 21.7 Å². The monoisotopic (exact) mass is 207 g/mol. The third-order valence-electron chi connectivity index (χ3n) is 2.14. The first-order valence-corrected chi connectivity index (χ1v) is 5.51. The number of nitrogens with two attached hydrogens (primary N) is 1. The van der Waals surface area contributed by atoms with Crippen LogP contribution in [0.3, 0.4) is 0 Å². The Labute approximate surface area is 87.0 Å². The van der Waals surface area contributed by atoms with Crippen LogP contribution in [0, 0.1) is 5.92 Å². The normalized spacial score (nSPS) is 13.3. The topological polar surface area (TPSA) is 51.8 Å². The van der Waals surface area contributed by atoms with E-state index >= 15 is 0 Å². The van der Waals surface area contributed by atoms with Crippen molar-refractivity contribution in [3.05, 3.63) is 23.3 Å². The van der Waals surface area contributed by atoms with Crippen molar-refractivity contribution in [1.29, 1.82) is 0 Å². The average Bonchev–Trinajstić information content (AvgIpc) is 2.59. The third-order valence-corrected chi connectivity index (χ3v) is 3.14. The smallest absolute Gasteiger partial charge is 0.143 e. The van der Waals surface area contributed by atoms with Crippen molar-refractivity contribution in [2.45, 2.75) is 13.3 Å². The van der Waals surface area contributed by atoms with Gasteiger partial charge in [0, 0.05) is 12.6 Å². The zero-order chi connectivity index (χ0) is 9.97. The molecule has 0 aromatic carbocycles. The second kappa shape index (κ2) is 4.02. The van der Waals surface area contributed by atoms with E-state index in [0.717, 1.165) is 21.8 Å². The molecule has 0 fully saturated rings. The summed E-state index contributed by atoms with van der Waals surface area (Å²) in [5.41, 5.74) is 6.57. The van der Waals surface area contributed by atoms with Gasteiger partial charge < -0.3 is 5.73 Å². The minimum absolute atomic E-state index is 0.496. The first kappa shape index (κ1) is 9.55. The minimum Gasteiger partial charge on any atom is -0.330 e. The molecule has 0 spiro atoms. The Balaban J connectivity index is 2.27. The van der Waals surface area contributed by atoms with Crippen molar-refractivity contribution in [2.24, 2.45) is 11.7 Å². The van der Waals surface area contributed by atoms with E-state index in [9.17, 15) is 0 Å². The molecule has 2 rings (SSSR count). The molecule has 0 saturated carbocycles. The van der Waals surface area contributed by atoms with Crippen LogP contribution in [0.25, 0.3) is 10.3 Å². The maximum Gasteiger partial charge on any atom is 0.143 e. The predicted octanol–water partition coefficient (Wildman–Crippen LogP) is 1.83. The van der Waals surface area contributed by atoms with Gasteiger partial charge in [0.1, 0.15) is 10.3 Å². The Morgan fingerprint density at radius 1 is 1.57 bits per heavy atom. The molecule has 0 saturated heterocycles. The summed E-state index contributed by atoms with van der Waals surface area (Å²) in [6.07, 6.45) is 2.76. The van der Waals surface area contributed by atoms with Crippen molar-refractivity contribution < 1.29 is 0 Å². The van der Waals surface area contributed by atoms with Gasteiger partial charge in [0.25, 0.3) is 0 Å². The van der Waals surface area contributed by atoms with E-state index in [0.29, 0.717) is 12.5 Å². The highest BCUT2D eigenvalue weighted by atomic mass is 32.1. The van der Waals surface area contributed by atoms with Gasteiger partial charge in [-0.15, -0.1) is 0 Å². The van der Waals surface area contributed by atoms with Gasteiger partial charge in [-0.2, -0.15) is 0 Å². The molecule has 0 aliphatic rings. The highest BCUT2D eigenvalue weighted by molar-refractivity contribution is 7.18. The van der Waals surface area contributed by atoms with E-state index < -0.39 is 0 Å². The zero-order valence-electron chi connectivity index (χ0n) is 8.10. The SMILES string of the molecule is CC(CN)Cc1nc2cccnc2s1. The molecule has 3 nitrogen and oxygen atoms in total. The molecular formula is C10H13N3S. The molecule has 0 bridgehead atoms. The predicted molar refractivity (Wildman–Crippen MR) is 59.3 cm³/mol. The number of rotatable bonds is 3. The van der Waals surface area contributed by atoms with E-state index in [1.807, 2.05) is 12.1 Å². The van der Waals surface area contributed by atoms with E-state index in [-0.39, 0.29) is 0 Å². The highest BCUT2D eigenvalue weighted by Gasteiger charge is 2.07. The summed E-state index contributed by atoms with van der Waals surface area (Å²) in [6.45, 7) is 2.85. The first-order valence-electron chi connectivity index (χ1n) is 4.70. The molecule has 0 radical (unpaired) electrons. The summed E-state index contributed by atoms with van der Waals surface area (Å²) in [5.74, 6) is 0.496. The van der Waals surface area contributed by atoms with Crippen LogP contribution in [0.5, 0.6) is 0 Å². The standard InChI is InChI=1S/C10H13N3S/c1-7(6-11)5-9-13-8-3-2-4-12-10(8)14-9/h2-4,7H,5-6,11H2,1H3. The number of thiazole rings is 1. The van der Waals surface area contributed by atoms with Crippen LogP contribution in [0.1, 0.15) is 11.9 Å². The number of pyridine rings is 1. The molecule has 2 heterocycles. The lowest BCUT2D eigenvalue weighted by Crippen LogP contribution is -2.12. The van der Waals surface area contributed by atoms with Crippen molar-refractivity contribution in [1.82, 2.24) is 9.97 Å². The fourth-order valence-electron chi connectivity index (χ4n) is 1.28. The molecule has 74 valence electrons. The highest BCUT2D eigenvalue weighted by Crippen LogP contribution is 2.21. The lowest BCUT2D eigenvalue weighted by atomic mass is 10.1. The molecule has 0 amide bonds.